The molecule has 0 saturated heterocycles. The van der Waals surface area contributed by atoms with Gasteiger partial charge in [0.25, 0.3) is 0 Å². The van der Waals surface area contributed by atoms with Gasteiger partial charge in [0, 0.05) is 13.0 Å². The minimum absolute atomic E-state index is 0.192. The molecule has 1 aromatic rings. The molecule has 0 aliphatic rings. The molecule has 0 aliphatic carbocycles. The topological polar surface area (TPSA) is 46.2 Å². The fourth-order valence-corrected chi connectivity index (χ4v) is 1.73. The van der Waals surface area contributed by atoms with Crippen molar-refractivity contribution in [3.05, 3.63) is 35.4 Å². The van der Waals surface area contributed by atoms with Gasteiger partial charge < -0.3 is 5.32 Å². The maximum atomic E-state index is 10.9. The molecule has 0 unspecified atom stereocenters. The van der Waals surface area contributed by atoms with Crippen LogP contribution in [0.25, 0.3) is 0 Å². The van der Waals surface area contributed by atoms with Crippen LogP contribution in [0.1, 0.15) is 30.9 Å². The molecule has 1 amide bonds. The third kappa shape index (κ3) is 5.85. The molecule has 1 aromatic carbocycles. The van der Waals surface area contributed by atoms with Crippen molar-refractivity contribution < 1.29 is 9.59 Å². The summed E-state index contributed by atoms with van der Waals surface area (Å²) in [5.41, 5.74) is 2.35. The van der Waals surface area contributed by atoms with Gasteiger partial charge in [0.15, 0.2) is 0 Å². The van der Waals surface area contributed by atoms with Gasteiger partial charge in [-0.25, -0.2) is 0 Å². The van der Waals surface area contributed by atoms with Crippen LogP contribution in [0.4, 0.5) is 0 Å². The largest absolute Gasteiger partial charge is 0.359 e. The summed E-state index contributed by atoms with van der Waals surface area (Å²) in [6.07, 6.45) is 4.32. The third-order valence-corrected chi connectivity index (χ3v) is 2.60. The van der Waals surface area contributed by atoms with E-state index in [9.17, 15) is 9.59 Å². The van der Waals surface area contributed by atoms with E-state index >= 15 is 0 Å². The predicted molar refractivity (Wildman–Crippen MR) is 67.8 cm³/mol. The van der Waals surface area contributed by atoms with E-state index in [4.69, 9.17) is 0 Å². The minimum Gasteiger partial charge on any atom is -0.359 e. The molecule has 1 N–H and O–H groups in total. The predicted octanol–water partition coefficient (Wildman–Crippen LogP) is 1.89. The summed E-state index contributed by atoms with van der Waals surface area (Å²) < 4.78 is 0. The van der Waals surface area contributed by atoms with Crippen molar-refractivity contribution in [2.24, 2.45) is 0 Å². The summed E-state index contributed by atoms with van der Waals surface area (Å²) >= 11 is 0. The molecule has 0 atom stereocenters. The molecule has 0 aliphatic heterocycles. The zero-order valence-corrected chi connectivity index (χ0v) is 10.2. The molecular weight excluding hydrogens is 214 g/mol. The maximum absolute atomic E-state index is 10.9. The monoisotopic (exact) mass is 233 g/mol. The number of rotatable bonds is 8. The van der Waals surface area contributed by atoms with Crippen molar-refractivity contribution >= 4 is 12.2 Å². The van der Waals surface area contributed by atoms with Crippen LogP contribution in [-0.4, -0.2) is 18.7 Å². The first-order valence-electron chi connectivity index (χ1n) is 5.96. The number of nitrogens with one attached hydrogen (secondary N) is 1. The van der Waals surface area contributed by atoms with E-state index in [-0.39, 0.29) is 5.78 Å². The smallest absolute Gasteiger partial charge is 0.207 e. The van der Waals surface area contributed by atoms with Crippen LogP contribution in [0.2, 0.25) is 0 Å². The number of hydrogen-bond acceptors (Lipinski definition) is 2. The highest BCUT2D eigenvalue weighted by Gasteiger charge is 1.98. The average molecular weight is 233 g/mol. The lowest BCUT2D eigenvalue weighted by molar-refractivity contribution is -0.116. The summed E-state index contributed by atoms with van der Waals surface area (Å²) in [4.78, 5) is 21.0. The standard InChI is InChI=1S/C14H19NO2/c1-12(17)10-14-7-5-13(6-8-14)4-2-3-9-15-11-16/h5-8,11H,2-4,9-10H2,1H3,(H,15,16). The van der Waals surface area contributed by atoms with E-state index in [0.29, 0.717) is 6.42 Å². The van der Waals surface area contributed by atoms with Gasteiger partial charge in [0.1, 0.15) is 5.78 Å². The number of carbonyl (C=O) groups is 2. The zero-order valence-electron chi connectivity index (χ0n) is 10.2. The van der Waals surface area contributed by atoms with Gasteiger partial charge in [-0.15, -0.1) is 0 Å². The van der Waals surface area contributed by atoms with Crippen LogP contribution < -0.4 is 5.32 Å². The van der Waals surface area contributed by atoms with E-state index in [1.807, 2.05) is 12.1 Å². The zero-order chi connectivity index (χ0) is 12.5. The molecule has 17 heavy (non-hydrogen) atoms. The number of carbonyl (C=O) groups excluding carboxylic acids is 2. The molecular formula is C14H19NO2. The summed E-state index contributed by atoms with van der Waals surface area (Å²) in [5, 5.41) is 2.65. The van der Waals surface area contributed by atoms with E-state index in [1.54, 1.807) is 6.92 Å². The Balaban J connectivity index is 2.30. The number of benzene rings is 1. The van der Waals surface area contributed by atoms with Crippen LogP contribution in [0.15, 0.2) is 24.3 Å². The Labute approximate surface area is 102 Å². The van der Waals surface area contributed by atoms with Crippen molar-refractivity contribution in [2.45, 2.75) is 32.6 Å². The van der Waals surface area contributed by atoms with Crippen LogP contribution in [-0.2, 0) is 22.4 Å². The highest BCUT2D eigenvalue weighted by atomic mass is 16.1. The molecule has 92 valence electrons. The third-order valence-electron chi connectivity index (χ3n) is 2.60. The van der Waals surface area contributed by atoms with E-state index in [2.05, 4.69) is 17.4 Å². The van der Waals surface area contributed by atoms with E-state index in [0.717, 1.165) is 37.8 Å². The van der Waals surface area contributed by atoms with Gasteiger partial charge in [-0.1, -0.05) is 24.3 Å². The molecule has 0 heterocycles. The number of Topliss-reactive ketones (excluding diaryl/α,β-unsaturated/α-hetero) is 1. The first kappa shape index (κ1) is 13.4. The van der Waals surface area contributed by atoms with Crippen molar-refractivity contribution in [3.63, 3.8) is 0 Å². The second kappa shape index (κ2) is 7.60. The Morgan fingerprint density at radius 2 is 1.82 bits per heavy atom. The van der Waals surface area contributed by atoms with Gasteiger partial charge in [-0.05, 0) is 37.3 Å². The fraction of sp³-hybridized carbons (Fsp3) is 0.429. The molecule has 0 spiro atoms. The Morgan fingerprint density at radius 1 is 1.18 bits per heavy atom. The number of hydrogen-bond donors (Lipinski definition) is 1. The van der Waals surface area contributed by atoms with Gasteiger partial charge in [0.05, 0.1) is 0 Å². The summed E-state index contributed by atoms with van der Waals surface area (Å²) in [7, 11) is 0. The molecule has 0 bridgehead atoms. The van der Waals surface area contributed by atoms with Crippen molar-refractivity contribution in [1.29, 1.82) is 0 Å². The van der Waals surface area contributed by atoms with Crippen LogP contribution in [0.5, 0.6) is 0 Å². The fourth-order valence-electron chi connectivity index (χ4n) is 1.73. The van der Waals surface area contributed by atoms with Crippen LogP contribution in [0.3, 0.4) is 0 Å². The average Bonchev–Trinajstić information content (AvgIpc) is 2.30. The van der Waals surface area contributed by atoms with E-state index in [1.165, 1.54) is 5.56 Å². The van der Waals surface area contributed by atoms with Crippen molar-refractivity contribution in [3.8, 4) is 0 Å². The van der Waals surface area contributed by atoms with Gasteiger partial charge in [0.2, 0.25) is 6.41 Å². The molecule has 1 rings (SSSR count). The molecule has 3 heteroatoms. The minimum atomic E-state index is 0.192. The first-order valence-corrected chi connectivity index (χ1v) is 5.96. The Kier molecular flexibility index (Phi) is 6.00. The van der Waals surface area contributed by atoms with Crippen LogP contribution in [0, 0.1) is 0 Å². The van der Waals surface area contributed by atoms with Crippen molar-refractivity contribution in [1.82, 2.24) is 5.32 Å². The summed E-state index contributed by atoms with van der Waals surface area (Å²) in [6.45, 7) is 2.35. The molecule has 0 radical (unpaired) electrons. The highest BCUT2D eigenvalue weighted by Crippen LogP contribution is 2.08. The second-order valence-electron chi connectivity index (χ2n) is 4.22. The lowest BCUT2D eigenvalue weighted by Gasteiger charge is -2.03. The molecule has 3 nitrogen and oxygen atoms in total. The number of ketones is 1. The first-order chi connectivity index (χ1) is 8.22. The SMILES string of the molecule is CC(=O)Cc1ccc(CCCCNC=O)cc1. The highest BCUT2D eigenvalue weighted by molar-refractivity contribution is 5.78. The summed E-state index contributed by atoms with van der Waals surface area (Å²) in [5.74, 6) is 0.192. The lowest BCUT2D eigenvalue weighted by atomic mass is 10.0. The van der Waals surface area contributed by atoms with Gasteiger partial charge >= 0.3 is 0 Å². The Morgan fingerprint density at radius 3 is 2.41 bits per heavy atom. The lowest BCUT2D eigenvalue weighted by Crippen LogP contribution is -2.11. The number of amides is 1. The molecule has 0 saturated carbocycles. The Hall–Kier alpha value is -1.64. The van der Waals surface area contributed by atoms with Crippen molar-refractivity contribution in [2.75, 3.05) is 6.54 Å². The van der Waals surface area contributed by atoms with E-state index < -0.39 is 0 Å². The molecule has 0 aromatic heterocycles. The van der Waals surface area contributed by atoms with Gasteiger partial charge in [-0.2, -0.15) is 0 Å². The number of unbranched alkanes of at least 4 members (excludes halogenated alkanes) is 1. The second-order valence-corrected chi connectivity index (χ2v) is 4.22. The Bertz CT molecular complexity index is 357. The molecule has 0 fully saturated rings. The van der Waals surface area contributed by atoms with Crippen LogP contribution >= 0.6 is 0 Å². The summed E-state index contributed by atoms with van der Waals surface area (Å²) in [6, 6.07) is 8.18. The normalized spacial score (nSPS) is 9.94. The quantitative estimate of drug-likeness (QED) is 0.550. The van der Waals surface area contributed by atoms with Gasteiger partial charge in [-0.3, -0.25) is 9.59 Å². The number of aryl methyl sites for hydroxylation is 1. The maximum Gasteiger partial charge on any atom is 0.207 e.